The average molecular weight is 840 g/mol. The maximum Gasteiger partial charge on any atom is 0.407 e. The van der Waals surface area contributed by atoms with Gasteiger partial charge < -0.3 is 38.5 Å². The van der Waals surface area contributed by atoms with Gasteiger partial charge in [-0.05, 0) is 22.3 Å². The van der Waals surface area contributed by atoms with Gasteiger partial charge >= 0.3 is 35.9 Å². The standard InChI is InChI=1S/C38H34F5NO13S/c1-16(45)51-14-26-32(53-17(2)46)34(54-18(3)47)35(55-19(4)48)37(56-26)58-15-25(36(49)57-33-30(42)28(40)27(39)29(41)31(33)43)44-38(50)52-13-24-22-11-7-5-9-20(22)21-10-6-8-12-23(21)24/h5-12,24-26,32,34-35,37H,13-15H2,1-4H3,(H,44,50)/t25-,26+,32+,34-,35-,37+/m0/s1. The first-order valence-corrected chi connectivity index (χ1v) is 18.3. The second-order valence-electron chi connectivity index (χ2n) is 12.7. The van der Waals surface area contributed by atoms with Gasteiger partial charge in [-0.3, -0.25) is 19.2 Å². The molecule has 0 saturated carbocycles. The Labute approximate surface area is 330 Å². The molecule has 1 aliphatic heterocycles. The summed E-state index contributed by atoms with van der Waals surface area (Å²) < 4.78 is 108. The van der Waals surface area contributed by atoms with Crippen LogP contribution in [0.3, 0.4) is 0 Å². The molecule has 0 radical (unpaired) electrons. The average Bonchev–Trinajstić information content (AvgIpc) is 3.49. The molecule has 1 amide bonds. The van der Waals surface area contributed by atoms with Crippen molar-refractivity contribution in [3.63, 3.8) is 0 Å². The smallest absolute Gasteiger partial charge is 0.407 e. The van der Waals surface area contributed by atoms with E-state index in [2.05, 4.69) is 10.1 Å². The van der Waals surface area contributed by atoms with Gasteiger partial charge in [0.15, 0.2) is 18.3 Å². The first kappa shape index (κ1) is 43.4. The summed E-state index contributed by atoms with van der Waals surface area (Å²) in [5.41, 5.74) is 1.88. The molecule has 0 aromatic heterocycles. The van der Waals surface area contributed by atoms with Crippen molar-refractivity contribution in [3.05, 3.63) is 88.7 Å². The third-order valence-electron chi connectivity index (χ3n) is 8.67. The van der Waals surface area contributed by atoms with Crippen LogP contribution in [-0.2, 0) is 52.4 Å². The number of nitrogens with one attached hydrogen (secondary N) is 1. The Morgan fingerprint density at radius 3 is 1.69 bits per heavy atom. The molecule has 20 heteroatoms. The molecule has 6 atom stereocenters. The van der Waals surface area contributed by atoms with E-state index >= 15 is 0 Å². The number of amides is 1. The molecule has 0 bridgehead atoms. The largest absolute Gasteiger partial charge is 0.463 e. The molecule has 2 aliphatic rings. The highest BCUT2D eigenvalue weighted by molar-refractivity contribution is 7.99. The summed E-state index contributed by atoms with van der Waals surface area (Å²) in [6, 6.07) is 12.6. The highest BCUT2D eigenvalue weighted by Crippen LogP contribution is 2.44. The number of hydrogen-bond donors (Lipinski definition) is 1. The normalized spacial score (nSPS) is 20.1. The van der Waals surface area contributed by atoms with Crippen molar-refractivity contribution in [1.82, 2.24) is 5.32 Å². The Bertz CT molecular complexity index is 2030. The van der Waals surface area contributed by atoms with E-state index in [1.54, 1.807) is 12.1 Å². The molecule has 0 unspecified atom stereocenters. The van der Waals surface area contributed by atoms with E-state index in [1.165, 1.54) is 0 Å². The van der Waals surface area contributed by atoms with Crippen molar-refractivity contribution < 1.29 is 83.9 Å². The molecule has 1 fully saturated rings. The summed E-state index contributed by atoms with van der Waals surface area (Å²) >= 11 is 0.530. The molecule has 5 rings (SSSR count). The molecule has 1 heterocycles. The van der Waals surface area contributed by atoms with E-state index in [0.717, 1.165) is 49.9 Å². The highest BCUT2D eigenvalue weighted by Gasteiger charge is 2.52. The number of hydrogen-bond acceptors (Lipinski definition) is 14. The van der Waals surface area contributed by atoms with Crippen molar-refractivity contribution in [2.75, 3.05) is 19.0 Å². The van der Waals surface area contributed by atoms with Gasteiger partial charge in [0.05, 0.1) is 0 Å². The summed E-state index contributed by atoms with van der Waals surface area (Å²) in [6.07, 6.45) is -7.54. The predicted octanol–water partition coefficient (Wildman–Crippen LogP) is 5.01. The monoisotopic (exact) mass is 839 g/mol. The van der Waals surface area contributed by atoms with Gasteiger partial charge in [0.25, 0.3) is 0 Å². The van der Waals surface area contributed by atoms with Crippen LogP contribution in [0, 0.1) is 29.1 Å². The summed E-state index contributed by atoms with van der Waals surface area (Å²) in [4.78, 5) is 75.1. The number of halogens is 5. The molecule has 3 aromatic carbocycles. The number of carbonyl (C=O) groups excluding carboxylic acids is 6. The van der Waals surface area contributed by atoms with E-state index in [4.69, 9.17) is 28.4 Å². The van der Waals surface area contributed by atoms with Crippen LogP contribution in [0.25, 0.3) is 11.1 Å². The van der Waals surface area contributed by atoms with Gasteiger partial charge in [-0.15, -0.1) is 11.8 Å². The Kier molecular flexibility index (Phi) is 14.0. The number of benzene rings is 3. The molecule has 58 heavy (non-hydrogen) atoms. The second-order valence-corrected chi connectivity index (χ2v) is 13.9. The minimum absolute atomic E-state index is 0.286. The number of ether oxygens (including phenoxy) is 7. The first-order chi connectivity index (χ1) is 27.5. The topological polar surface area (TPSA) is 179 Å². The predicted molar refractivity (Wildman–Crippen MR) is 188 cm³/mol. The van der Waals surface area contributed by atoms with Crippen molar-refractivity contribution >= 4 is 47.7 Å². The number of alkyl carbamates (subject to hydrolysis) is 1. The SMILES string of the molecule is CC(=O)OC[C@H]1O[C@H](SC[C@H](NC(=O)OCC2c3ccccc3-c3ccccc32)C(=O)Oc2c(F)c(F)c(F)c(F)c2F)[C@@H](OC(C)=O)[C@@H](OC(C)=O)[C@@H]1OC(C)=O. The van der Waals surface area contributed by atoms with Crippen molar-refractivity contribution in [3.8, 4) is 16.9 Å². The Balaban J connectivity index is 1.44. The molecular weight excluding hydrogens is 805 g/mol. The first-order valence-electron chi connectivity index (χ1n) is 17.2. The van der Waals surface area contributed by atoms with Crippen molar-refractivity contribution in [1.29, 1.82) is 0 Å². The van der Waals surface area contributed by atoms with Crippen molar-refractivity contribution in [2.24, 2.45) is 0 Å². The second kappa shape index (κ2) is 18.7. The summed E-state index contributed by atoms with van der Waals surface area (Å²) in [6.45, 7) is 3.12. The lowest BCUT2D eigenvalue weighted by Crippen LogP contribution is -2.61. The van der Waals surface area contributed by atoms with Crippen LogP contribution in [0.2, 0.25) is 0 Å². The van der Waals surface area contributed by atoms with Crippen LogP contribution in [0.5, 0.6) is 5.75 Å². The van der Waals surface area contributed by atoms with Gasteiger partial charge in [0.1, 0.15) is 30.8 Å². The third kappa shape index (κ3) is 9.84. The fourth-order valence-corrected chi connectivity index (χ4v) is 7.53. The van der Waals surface area contributed by atoms with Gasteiger partial charge in [0, 0.05) is 39.4 Å². The number of thioether (sulfide) groups is 1. The van der Waals surface area contributed by atoms with E-state index in [1.807, 2.05) is 36.4 Å². The summed E-state index contributed by atoms with van der Waals surface area (Å²) in [5.74, 6) is -20.9. The minimum atomic E-state index is -2.53. The Hall–Kier alpha value is -5.76. The van der Waals surface area contributed by atoms with Crippen LogP contribution < -0.4 is 10.1 Å². The van der Waals surface area contributed by atoms with Crippen LogP contribution in [0.1, 0.15) is 44.7 Å². The van der Waals surface area contributed by atoms with Gasteiger partial charge in [-0.2, -0.15) is 8.78 Å². The molecule has 310 valence electrons. The van der Waals surface area contributed by atoms with E-state index in [9.17, 15) is 50.7 Å². The molecular formula is C38H34F5NO13S. The maximum atomic E-state index is 14.6. The van der Waals surface area contributed by atoms with Crippen LogP contribution in [0.4, 0.5) is 26.7 Å². The van der Waals surface area contributed by atoms with Crippen molar-refractivity contribution in [2.45, 2.75) is 69.5 Å². The van der Waals surface area contributed by atoms with Gasteiger partial charge in [-0.25, -0.2) is 22.8 Å². The number of rotatable bonds is 13. The highest BCUT2D eigenvalue weighted by atomic mass is 32.2. The molecule has 0 spiro atoms. The zero-order valence-electron chi connectivity index (χ0n) is 30.9. The number of esters is 5. The lowest BCUT2D eigenvalue weighted by atomic mass is 9.98. The lowest BCUT2D eigenvalue weighted by Gasteiger charge is -2.44. The number of fused-ring (bicyclic) bond motifs is 3. The minimum Gasteiger partial charge on any atom is -0.463 e. The molecule has 1 aliphatic carbocycles. The van der Waals surface area contributed by atoms with E-state index < -0.39 is 125 Å². The fraction of sp³-hybridized carbons (Fsp3) is 0.368. The Morgan fingerprint density at radius 1 is 0.655 bits per heavy atom. The van der Waals surface area contributed by atoms with E-state index in [0.29, 0.717) is 11.8 Å². The number of carbonyl (C=O) groups is 6. The fourth-order valence-electron chi connectivity index (χ4n) is 6.31. The molecule has 14 nitrogen and oxygen atoms in total. The quantitative estimate of drug-likeness (QED) is 0.0606. The van der Waals surface area contributed by atoms with Crippen LogP contribution >= 0.6 is 11.8 Å². The molecule has 1 saturated heterocycles. The zero-order valence-corrected chi connectivity index (χ0v) is 31.7. The third-order valence-corrected chi connectivity index (χ3v) is 9.90. The van der Waals surface area contributed by atoms with Gasteiger partial charge in [-0.1, -0.05) is 48.5 Å². The van der Waals surface area contributed by atoms with Gasteiger partial charge in [0.2, 0.25) is 34.8 Å². The Morgan fingerprint density at radius 2 is 1.16 bits per heavy atom. The lowest BCUT2D eigenvalue weighted by molar-refractivity contribution is -0.237. The summed E-state index contributed by atoms with van der Waals surface area (Å²) in [7, 11) is 0. The van der Waals surface area contributed by atoms with Crippen LogP contribution in [0.15, 0.2) is 48.5 Å². The maximum absolute atomic E-state index is 14.6. The molecule has 3 aromatic rings. The zero-order chi connectivity index (χ0) is 42.4. The van der Waals surface area contributed by atoms with E-state index in [-0.39, 0.29) is 6.61 Å². The molecule has 1 N–H and O–H groups in total. The van der Waals surface area contributed by atoms with Crippen LogP contribution in [-0.4, -0.2) is 90.8 Å². The summed E-state index contributed by atoms with van der Waals surface area (Å²) in [5, 5.41) is 2.16.